The number of carbonyl (C=O) groups excluding carboxylic acids is 1. The largest absolute Gasteiger partial charge is 0.494 e. The van der Waals surface area contributed by atoms with E-state index in [1.807, 2.05) is 6.92 Å². The Morgan fingerprint density at radius 3 is 2.48 bits per heavy atom. The number of hydrogen-bond donors (Lipinski definition) is 2. The van der Waals surface area contributed by atoms with E-state index in [0.29, 0.717) is 23.1 Å². The van der Waals surface area contributed by atoms with E-state index in [9.17, 15) is 9.59 Å². The summed E-state index contributed by atoms with van der Waals surface area (Å²) in [6.07, 6.45) is 1.34. The van der Waals surface area contributed by atoms with Crippen LogP contribution in [0.4, 0.5) is 5.69 Å². The van der Waals surface area contributed by atoms with Crippen molar-refractivity contribution in [3.63, 3.8) is 0 Å². The van der Waals surface area contributed by atoms with Crippen molar-refractivity contribution in [1.29, 1.82) is 0 Å². The van der Waals surface area contributed by atoms with Crippen molar-refractivity contribution in [1.82, 2.24) is 9.97 Å². The Morgan fingerprint density at radius 1 is 1.15 bits per heavy atom. The zero-order valence-corrected chi connectivity index (χ0v) is 15.4. The second kappa shape index (κ2) is 8.51. The number of halogens is 1. The Bertz CT molecular complexity index is 983. The lowest BCUT2D eigenvalue weighted by Gasteiger charge is -2.07. The van der Waals surface area contributed by atoms with Gasteiger partial charge >= 0.3 is 0 Å². The van der Waals surface area contributed by atoms with Crippen molar-refractivity contribution < 1.29 is 9.53 Å². The Kier molecular flexibility index (Phi) is 5.88. The Hall–Kier alpha value is -3.12. The van der Waals surface area contributed by atoms with Crippen molar-refractivity contribution in [3.8, 4) is 17.1 Å². The fraction of sp³-hybridized carbons (Fsp3) is 0.150. The van der Waals surface area contributed by atoms with Gasteiger partial charge < -0.3 is 15.0 Å². The van der Waals surface area contributed by atoms with Crippen LogP contribution in [0, 0.1) is 0 Å². The van der Waals surface area contributed by atoms with Gasteiger partial charge in [0.1, 0.15) is 11.6 Å². The molecule has 0 aliphatic heterocycles. The lowest BCUT2D eigenvalue weighted by atomic mass is 10.2. The van der Waals surface area contributed by atoms with E-state index >= 15 is 0 Å². The van der Waals surface area contributed by atoms with Gasteiger partial charge in [0.15, 0.2) is 0 Å². The number of amides is 1. The predicted octanol–water partition coefficient (Wildman–Crippen LogP) is 3.67. The van der Waals surface area contributed by atoms with Crippen LogP contribution in [0.3, 0.4) is 0 Å². The Balaban J connectivity index is 1.67. The molecule has 0 spiro atoms. The number of nitrogens with zero attached hydrogens (tertiary/aromatic N) is 1. The highest BCUT2D eigenvalue weighted by Crippen LogP contribution is 2.17. The molecule has 0 fully saturated rings. The van der Waals surface area contributed by atoms with Crippen molar-refractivity contribution in [2.75, 3.05) is 11.9 Å². The molecular weight excluding hydrogens is 366 g/mol. The average Bonchev–Trinajstić information content (AvgIpc) is 2.66. The number of ether oxygens (including phenoxy) is 1. The molecule has 7 heteroatoms. The molecule has 0 saturated carbocycles. The molecule has 1 aromatic heterocycles. The van der Waals surface area contributed by atoms with Crippen LogP contribution in [0.15, 0.2) is 59.5 Å². The quantitative estimate of drug-likeness (QED) is 0.680. The lowest BCUT2D eigenvalue weighted by molar-refractivity contribution is -0.115. The summed E-state index contributed by atoms with van der Waals surface area (Å²) in [7, 11) is 0. The lowest BCUT2D eigenvalue weighted by Crippen LogP contribution is -2.22. The molecule has 1 heterocycles. The Morgan fingerprint density at radius 2 is 1.85 bits per heavy atom. The highest BCUT2D eigenvalue weighted by atomic mass is 35.5. The second-order valence-corrected chi connectivity index (χ2v) is 6.21. The van der Waals surface area contributed by atoms with Gasteiger partial charge in [-0.25, -0.2) is 4.98 Å². The smallest absolute Gasteiger partial charge is 0.254 e. The number of aromatic nitrogens is 2. The molecule has 3 aromatic rings. The van der Waals surface area contributed by atoms with Gasteiger partial charge in [0.25, 0.3) is 5.56 Å². The van der Waals surface area contributed by atoms with Gasteiger partial charge in [0.05, 0.1) is 13.0 Å². The van der Waals surface area contributed by atoms with Gasteiger partial charge in [-0.2, -0.15) is 0 Å². The Labute approximate surface area is 161 Å². The van der Waals surface area contributed by atoms with Gasteiger partial charge in [0.2, 0.25) is 5.91 Å². The summed E-state index contributed by atoms with van der Waals surface area (Å²) in [4.78, 5) is 31.4. The molecule has 2 aromatic carbocycles. The van der Waals surface area contributed by atoms with E-state index in [0.717, 1.165) is 11.3 Å². The molecule has 27 heavy (non-hydrogen) atoms. The molecule has 0 aliphatic carbocycles. The summed E-state index contributed by atoms with van der Waals surface area (Å²) >= 11 is 5.86. The summed E-state index contributed by atoms with van der Waals surface area (Å²) in [6, 6.07) is 14.0. The van der Waals surface area contributed by atoms with E-state index in [2.05, 4.69) is 15.3 Å². The first-order valence-corrected chi connectivity index (χ1v) is 8.80. The van der Waals surface area contributed by atoms with Crippen LogP contribution in [0.1, 0.15) is 12.5 Å². The first-order chi connectivity index (χ1) is 13.0. The van der Waals surface area contributed by atoms with Crippen LogP contribution in [0.25, 0.3) is 11.4 Å². The van der Waals surface area contributed by atoms with E-state index in [-0.39, 0.29) is 23.5 Å². The van der Waals surface area contributed by atoms with Crippen molar-refractivity contribution in [2.45, 2.75) is 13.3 Å². The summed E-state index contributed by atoms with van der Waals surface area (Å²) < 4.78 is 5.36. The molecule has 0 saturated heterocycles. The molecule has 3 rings (SSSR count). The van der Waals surface area contributed by atoms with Gasteiger partial charge in [-0.3, -0.25) is 9.59 Å². The van der Waals surface area contributed by atoms with Crippen LogP contribution in [-0.4, -0.2) is 22.5 Å². The maximum atomic E-state index is 12.3. The summed E-state index contributed by atoms with van der Waals surface area (Å²) in [5.41, 5.74) is 1.31. The SMILES string of the molecule is CCOc1ccc(NC(=O)Cc2cnc(-c3ccc(Cl)cc3)[nH]c2=O)cc1. The minimum atomic E-state index is -0.350. The standard InChI is InChI=1S/C20H18ClN3O3/c1-2-27-17-9-7-16(8-10-17)23-18(25)11-14-12-22-19(24-20(14)26)13-3-5-15(21)6-4-13/h3-10,12H,2,11H2,1H3,(H,23,25)(H,22,24,26). The number of hydrogen-bond acceptors (Lipinski definition) is 4. The third-order valence-electron chi connectivity index (χ3n) is 3.79. The fourth-order valence-corrected chi connectivity index (χ4v) is 2.61. The molecule has 0 unspecified atom stereocenters. The van der Waals surface area contributed by atoms with Crippen molar-refractivity contribution in [2.24, 2.45) is 0 Å². The van der Waals surface area contributed by atoms with E-state index in [1.54, 1.807) is 48.5 Å². The predicted molar refractivity (Wildman–Crippen MR) is 105 cm³/mol. The van der Waals surface area contributed by atoms with Crippen LogP contribution >= 0.6 is 11.6 Å². The zero-order valence-electron chi connectivity index (χ0n) is 14.7. The van der Waals surface area contributed by atoms with E-state index < -0.39 is 0 Å². The number of nitrogens with one attached hydrogen (secondary N) is 2. The van der Waals surface area contributed by atoms with Gasteiger partial charge in [0, 0.05) is 28.0 Å². The number of benzene rings is 2. The van der Waals surface area contributed by atoms with Crippen LogP contribution in [0.5, 0.6) is 5.75 Å². The number of H-pyrrole nitrogens is 1. The van der Waals surface area contributed by atoms with E-state index in [1.165, 1.54) is 6.20 Å². The van der Waals surface area contributed by atoms with Crippen molar-refractivity contribution in [3.05, 3.63) is 75.7 Å². The van der Waals surface area contributed by atoms with Crippen molar-refractivity contribution >= 4 is 23.2 Å². The number of anilines is 1. The molecule has 2 N–H and O–H groups in total. The van der Waals surface area contributed by atoms with Gasteiger partial charge in [-0.05, 0) is 55.5 Å². The molecule has 6 nitrogen and oxygen atoms in total. The van der Waals surface area contributed by atoms with Crippen LogP contribution < -0.4 is 15.6 Å². The van der Waals surface area contributed by atoms with Crippen LogP contribution in [0.2, 0.25) is 5.02 Å². The molecule has 0 aliphatic rings. The highest BCUT2D eigenvalue weighted by molar-refractivity contribution is 6.30. The number of rotatable bonds is 6. The molecule has 0 radical (unpaired) electrons. The zero-order chi connectivity index (χ0) is 19.2. The van der Waals surface area contributed by atoms with Crippen LogP contribution in [-0.2, 0) is 11.2 Å². The average molecular weight is 384 g/mol. The van der Waals surface area contributed by atoms with Gasteiger partial charge in [-0.1, -0.05) is 11.6 Å². The minimum Gasteiger partial charge on any atom is -0.494 e. The molecule has 138 valence electrons. The maximum Gasteiger partial charge on any atom is 0.254 e. The topological polar surface area (TPSA) is 84.1 Å². The molecular formula is C20H18ClN3O3. The highest BCUT2D eigenvalue weighted by Gasteiger charge is 2.10. The summed E-state index contributed by atoms with van der Waals surface area (Å²) in [5.74, 6) is 0.854. The first-order valence-electron chi connectivity index (χ1n) is 8.42. The maximum absolute atomic E-state index is 12.3. The molecule has 0 atom stereocenters. The normalized spacial score (nSPS) is 10.4. The summed E-state index contributed by atoms with van der Waals surface area (Å²) in [5, 5.41) is 3.35. The fourth-order valence-electron chi connectivity index (χ4n) is 2.48. The molecule has 1 amide bonds. The van der Waals surface area contributed by atoms with Gasteiger partial charge in [-0.15, -0.1) is 0 Å². The third kappa shape index (κ3) is 4.95. The third-order valence-corrected chi connectivity index (χ3v) is 4.04. The molecule has 0 bridgehead atoms. The monoisotopic (exact) mass is 383 g/mol. The minimum absolute atomic E-state index is 0.0730. The number of carbonyl (C=O) groups is 1. The second-order valence-electron chi connectivity index (χ2n) is 5.78. The first kappa shape index (κ1) is 18.7. The van der Waals surface area contributed by atoms with E-state index in [4.69, 9.17) is 16.3 Å². The summed E-state index contributed by atoms with van der Waals surface area (Å²) in [6.45, 7) is 2.48. The number of aromatic amines is 1.